The largest absolute Gasteiger partial charge is 0.457 e. The van der Waals surface area contributed by atoms with E-state index in [-0.39, 0.29) is 12.6 Å². The molecule has 1 unspecified atom stereocenters. The number of allylic oxidation sites excluding steroid dienone is 4. The monoisotopic (exact) mass is 761 g/mol. The molecule has 0 aliphatic carbocycles. The lowest BCUT2D eigenvalue weighted by molar-refractivity contribution is -0.154. The summed E-state index contributed by atoms with van der Waals surface area (Å²) >= 11 is 0. The highest BCUT2D eigenvalue weighted by atomic mass is 16.6. The minimum atomic E-state index is -0.538. The van der Waals surface area contributed by atoms with Crippen molar-refractivity contribution >= 4 is 5.97 Å². The van der Waals surface area contributed by atoms with Gasteiger partial charge in [-0.25, -0.2) is 0 Å². The van der Waals surface area contributed by atoms with Crippen LogP contribution in [0.2, 0.25) is 0 Å². The Morgan fingerprint density at radius 3 is 1.17 bits per heavy atom. The molecule has 4 nitrogen and oxygen atoms in total. The first-order valence-electron chi connectivity index (χ1n) is 24.4. The Kier molecular flexibility index (Phi) is 47.0. The van der Waals surface area contributed by atoms with Crippen LogP contribution >= 0.6 is 0 Å². The van der Waals surface area contributed by atoms with Crippen molar-refractivity contribution < 1.29 is 19.4 Å². The third-order valence-corrected chi connectivity index (χ3v) is 11.0. The van der Waals surface area contributed by atoms with E-state index in [0.29, 0.717) is 19.6 Å². The van der Waals surface area contributed by atoms with Gasteiger partial charge in [0.25, 0.3) is 0 Å². The molecule has 0 aromatic rings. The van der Waals surface area contributed by atoms with Crippen molar-refractivity contribution in [1.29, 1.82) is 0 Å². The van der Waals surface area contributed by atoms with Gasteiger partial charge in [0.05, 0.1) is 13.2 Å². The highest BCUT2D eigenvalue weighted by Crippen LogP contribution is 2.16. The van der Waals surface area contributed by atoms with Gasteiger partial charge in [-0.05, 0) is 44.9 Å². The topological polar surface area (TPSA) is 55.8 Å². The zero-order valence-electron chi connectivity index (χ0n) is 36.8. The minimum absolute atomic E-state index is 0.173. The van der Waals surface area contributed by atoms with E-state index < -0.39 is 6.10 Å². The first kappa shape index (κ1) is 52.9. The smallest absolute Gasteiger partial charge is 0.306 e. The molecule has 0 rings (SSSR count). The predicted molar refractivity (Wildman–Crippen MR) is 237 cm³/mol. The maximum atomic E-state index is 12.2. The number of carbonyl (C=O) groups is 1. The van der Waals surface area contributed by atoms with Gasteiger partial charge in [0.15, 0.2) is 0 Å². The maximum absolute atomic E-state index is 12.2. The molecule has 0 amide bonds. The van der Waals surface area contributed by atoms with Gasteiger partial charge in [0, 0.05) is 13.0 Å². The summed E-state index contributed by atoms with van der Waals surface area (Å²) in [5.41, 5.74) is 0. The molecule has 0 saturated carbocycles. The lowest BCUT2D eigenvalue weighted by Crippen LogP contribution is -2.27. The standard InChI is InChI=1S/C50H96O4/c1-3-5-7-9-11-13-15-17-19-21-22-23-24-25-26-27-28-29-30-32-34-36-38-40-42-44-46-53-48-49(47-51)54-50(52)45-43-41-39-37-35-33-31-20-18-16-14-12-10-8-6-4-2/h14,16,20,31,49,51H,3-13,15,17-19,21-30,32-48H2,1-2H3/b16-14-,31-20-. The van der Waals surface area contributed by atoms with Crippen molar-refractivity contribution in [1.82, 2.24) is 0 Å². The van der Waals surface area contributed by atoms with Crippen LogP contribution in [0.4, 0.5) is 0 Å². The van der Waals surface area contributed by atoms with Gasteiger partial charge in [0.1, 0.15) is 6.10 Å². The molecule has 0 fully saturated rings. The highest BCUT2D eigenvalue weighted by molar-refractivity contribution is 5.69. The van der Waals surface area contributed by atoms with Gasteiger partial charge in [-0.15, -0.1) is 0 Å². The lowest BCUT2D eigenvalue weighted by atomic mass is 10.0. The SMILES string of the molecule is CCCCCC/C=C\C/C=C\CCCCCCCC(=O)OC(CO)COCCCCCCCCCCCCCCCCCCCCCCCCCCCC. The first-order chi connectivity index (χ1) is 26.7. The van der Waals surface area contributed by atoms with Gasteiger partial charge < -0.3 is 14.6 Å². The second kappa shape index (κ2) is 48.0. The zero-order chi connectivity index (χ0) is 39.1. The third-order valence-electron chi connectivity index (χ3n) is 11.0. The quantitative estimate of drug-likeness (QED) is 0.0381. The molecule has 4 heteroatoms. The summed E-state index contributed by atoms with van der Waals surface area (Å²) < 4.78 is 11.2. The molecule has 0 radical (unpaired) electrons. The average Bonchev–Trinajstić information content (AvgIpc) is 3.18. The van der Waals surface area contributed by atoms with E-state index in [9.17, 15) is 9.90 Å². The Bertz CT molecular complexity index is 762. The van der Waals surface area contributed by atoms with Gasteiger partial charge in [0.2, 0.25) is 0 Å². The normalized spacial score (nSPS) is 12.4. The number of hydrogen-bond acceptors (Lipinski definition) is 4. The van der Waals surface area contributed by atoms with E-state index in [4.69, 9.17) is 9.47 Å². The molecule has 0 spiro atoms. The number of esters is 1. The summed E-state index contributed by atoms with van der Waals surface area (Å²) in [6.07, 6.45) is 59.8. The van der Waals surface area contributed by atoms with Crippen molar-refractivity contribution in [3.8, 4) is 0 Å². The first-order valence-corrected chi connectivity index (χ1v) is 24.4. The molecule has 1 N–H and O–H groups in total. The number of rotatable bonds is 46. The van der Waals surface area contributed by atoms with E-state index in [2.05, 4.69) is 38.2 Å². The van der Waals surface area contributed by atoms with Crippen molar-refractivity contribution in [3.63, 3.8) is 0 Å². The number of aliphatic hydroxyl groups is 1. The Morgan fingerprint density at radius 1 is 0.444 bits per heavy atom. The van der Waals surface area contributed by atoms with E-state index in [1.165, 1.54) is 205 Å². The fraction of sp³-hybridized carbons (Fsp3) is 0.900. The van der Waals surface area contributed by atoms with Crippen LogP contribution in [-0.4, -0.2) is 37.0 Å². The van der Waals surface area contributed by atoms with Crippen LogP contribution in [0.3, 0.4) is 0 Å². The number of unbranched alkanes of at least 4 members (excludes halogenated alkanes) is 34. The van der Waals surface area contributed by atoms with Crippen LogP contribution in [0.25, 0.3) is 0 Å². The van der Waals surface area contributed by atoms with Gasteiger partial charge in [-0.2, -0.15) is 0 Å². The Labute approximate surface area is 338 Å². The molecule has 1 atom stereocenters. The highest BCUT2D eigenvalue weighted by Gasteiger charge is 2.13. The molecule has 0 heterocycles. The van der Waals surface area contributed by atoms with E-state index in [0.717, 1.165) is 38.5 Å². The van der Waals surface area contributed by atoms with E-state index in [1.807, 2.05) is 0 Å². The maximum Gasteiger partial charge on any atom is 0.306 e. The van der Waals surface area contributed by atoms with Gasteiger partial charge in [-0.1, -0.05) is 237 Å². The van der Waals surface area contributed by atoms with E-state index >= 15 is 0 Å². The summed E-state index contributed by atoms with van der Waals surface area (Å²) in [5.74, 6) is -0.209. The van der Waals surface area contributed by atoms with Crippen LogP contribution < -0.4 is 0 Å². The Balaban J connectivity index is 3.35. The lowest BCUT2D eigenvalue weighted by Gasteiger charge is -2.15. The molecule has 54 heavy (non-hydrogen) atoms. The van der Waals surface area contributed by atoms with Crippen LogP contribution in [0.1, 0.15) is 264 Å². The number of carbonyl (C=O) groups excluding carboxylic acids is 1. The van der Waals surface area contributed by atoms with Crippen LogP contribution in [0, 0.1) is 0 Å². The van der Waals surface area contributed by atoms with Gasteiger partial charge >= 0.3 is 5.97 Å². The zero-order valence-corrected chi connectivity index (χ0v) is 36.8. The number of aliphatic hydroxyl groups excluding tert-OH is 1. The molecule has 0 aliphatic rings. The van der Waals surface area contributed by atoms with Crippen LogP contribution in [-0.2, 0) is 14.3 Å². The average molecular weight is 761 g/mol. The second-order valence-corrected chi connectivity index (χ2v) is 16.5. The molecule has 0 saturated heterocycles. The molecular weight excluding hydrogens is 665 g/mol. The Morgan fingerprint density at radius 2 is 0.778 bits per heavy atom. The van der Waals surface area contributed by atoms with Crippen molar-refractivity contribution in [2.75, 3.05) is 19.8 Å². The van der Waals surface area contributed by atoms with Crippen molar-refractivity contribution in [3.05, 3.63) is 24.3 Å². The summed E-state index contributed by atoms with van der Waals surface area (Å²) in [7, 11) is 0. The number of ether oxygens (including phenoxy) is 2. The molecular formula is C50H96O4. The fourth-order valence-corrected chi connectivity index (χ4v) is 7.36. The van der Waals surface area contributed by atoms with Crippen LogP contribution in [0.5, 0.6) is 0 Å². The second-order valence-electron chi connectivity index (χ2n) is 16.5. The molecule has 320 valence electrons. The Hall–Kier alpha value is -1.13. The summed E-state index contributed by atoms with van der Waals surface area (Å²) in [5, 5.41) is 9.62. The molecule has 0 aromatic heterocycles. The van der Waals surface area contributed by atoms with Crippen molar-refractivity contribution in [2.45, 2.75) is 270 Å². The summed E-state index contributed by atoms with van der Waals surface area (Å²) in [6, 6.07) is 0. The predicted octanol–water partition coefficient (Wildman–Crippen LogP) is 16.3. The third kappa shape index (κ3) is 45.3. The summed E-state index contributed by atoms with van der Waals surface area (Å²) in [4.78, 5) is 12.2. The summed E-state index contributed by atoms with van der Waals surface area (Å²) in [6.45, 7) is 5.36. The minimum Gasteiger partial charge on any atom is -0.457 e. The van der Waals surface area contributed by atoms with Crippen LogP contribution in [0.15, 0.2) is 24.3 Å². The van der Waals surface area contributed by atoms with E-state index in [1.54, 1.807) is 0 Å². The van der Waals surface area contributed by atoms with Crippen molar-refractivity contribution in [2.24, 2.45) is 0 Å². The molecule has 0 bridgehead atoms. The van der Waals surface area contributed by atoms with Gasteiger partial charge in [-0.3, -0.25) is 4.79 Å². The fourth-order valence-electron chi connectivity index (χ4n) is 7.36. The number of hydrogen-bond donors (Lipinski definition) is 1. The molecule has 0 aliphatic heterocycles. The molecule has 0 aromatic carbocycles.